The molecule has 1 aliphatic rings. The minimum Gasteiger partial charge on any atom is -0.508 e. The van der Waals surface area contributed by atoms with E-state index in [9.17, 15) is 28.6 Å². The second-order valence-electron chi connectivity index (χ2n) is 8.60. The van der Waals surface area contributed by atoms with E-state index in [2.05, 4.69) is 0 Å². The molecule has 1 atom stereocenters. The molecule has 1 fully saturated rings. The highest BCUT2D eigenvalue weighted by Gasteiger charge is 2.47. The highest BCUT2D eigenvalue weighted by atomic mass is 19.2. The van der Waals surface area contributed by atoms with Crippen LogP contribution in [0.15, 0.2) is 72.3 Å². The summed E-state index contributed by atoms with van der Waals surface area (Å²) < 4.78 is 33.3. The third-order valence-electron chi connectivity index (χ3n) is 5.50. The zero-order chi connectivity index (χ0) is 25.3. The van der Waals surface area contributed by atoms with E-state index in [0.717, 1.165) is 17.0 Å². The van der Waals surface area contributed by atoms with Crippen LogP contribution in [0.2, 0.25) is 0 Å². The number of Topliss-reactive ketones (excluding diaryl/α,β-unsaturated/α-hetero) is 1. The molecule has 8 heteroatoms. The normalized spacial score (nSPS) is 17.3. The number of nitrogens with zero attached hydrogens (tertiary/aromatic N) is 1. The van der Waals surface area contributed by atoms with Crippen molar-refractivity contribution in [1.29, 1.82) is 0 Å². The Kier molecular flexibility index (Phi) is 6.55. The monoisotopic (exact) mass is 479 g/mol. The lowest BCUT2D eigenvalue weighted by molar-refractivity contribution is -0.132. The van der Waals surface area contributed by atoms with Crippen molar-refractivity contribution in [2.45, 2.75) is 19.9 Å². The summed E-state index contributed by atoms with van der Waals surface area (Å²) in [4.78, 5) is 27.2. The van der Waals surface area contributed by atoms with E-state index in [-0.39, 0.29) is 28.5 Å². The first kappa shape index (κ1) is 23.9. The number of halogens is 2. The van der Waals surface area contributed by atoms with E-state index in [0.29, 0.717) is 17.9 Å². The SMILES string of the molecule is CC(C)COc1cccc(/C(O)=C2\C(=O)C(=O)N(c3ccc(F)c(F)c3)C2c2cccc(O)c2)c1. The van der Waals surface area contributed by atoms with Gasteiger partial charge in [0.05, 0.1) is 18.2 Å². The van der Waals surface area contributed by atoms with Gasteiger partial charge in [-0.1, -0.05) is 38.1 Å². The Balaban J connectivity index is 1.88. The van der Waals surface area contributed by atoms with E-state index in [1.54, 1.807) is 30.3 Å². The molecule has 3 aromatic carbocycles. The topological polar surface area (TPSA) is 87.1 Å². The number of carbonyl (C=O) groups is 2. The molecule has 0 saturated carbocycles. The first-order valence-corrected chi connectivity index (χ1v) is 11.0. The maximum Gasteiger partial charge on any atom is 0.300 e. The van der Waals surface area contributed by atoms with Crippen molar-refractivity contribution in [3.05, 3.63) is 95.1 Å². The second-order valence-corrected chi connectivity index (χ2v) is 8.60. The van der Waals surface area contributed by atoms with Crippen molar-refractivity contribution in [3.8, 4) is 11.5 Å². The molecule has 1 saturated heterocycles. The van der Waals surface area contributed by atoms with Crippen LogP contribution in [-0.2, 0) is 9.59 Å². The number of hydrogen-bond acceptors (Lipinski definition) is 5. The highest BCUT2D eigenvalue weighted by molar-refractivity contribution is 6.51. The Morgan fingerprint density at radius 3 is 2.43 bits per heavy atom. The number of aliphatic hydroxyl groups excluding tert-OH is 1. The number of phenolic OH excluding ortho intramolecular Hbond substituents is 1. The smallest absolute Gasteiger partial charge is 0.300 e. The van der Waals surface area contributed by atoms with E-state index in [1.807, 2.05) is 13.8 Å². The van der Waals surface area contributed by atoms with Crippen LogP contribution in [-0.4, -0.2) is 28.5 Å². The number of amides is 1. The van der Waals surface area contributed by atoms with E-state index in [4.69, 9.17) is 4.74 Å². The lowest BCUT2D eigenvalue weighted by Gasteiger charge is -2.25. The number of hydrogen-bond donors (Lipinski definition) is 2. The Labute approximate surface area is 200 Å². The Morgan fingerprint density at radius 2 is 1.74 bits per heavy atom. The maximum atomic E-state index is 14.0. The molecule has 0 aliphatic carbocycles. The average Bonchev–Trinajstić information content (AvgIpc) is 3.09. The molecule has 1 aliphatic heterocycles. The maximum absolute atomic E-state index is 14.0. The van der Waals surface area contributed by atoms with Crippen molar-refractivity contribution in [1.82, 2.24) is 0 Å². The van der Waals surface area contributed by atoms with Crippen LogP contribution < -0.4 is 9.64 Å². The van der Waals surface area contributed by atoms with Crippen LogP contribution in [0.1, 0.15) is 31.0 Å². The molecule has 4 rings (SSSR count). The second kappa shape index (κ2) is 9.58. The minimum atomic E-state index is -1.20. The predicted octanol–water partition coefficient (Wildman–Crippen LogP) is 5.33. The molecular formula is C27H23F2NO5. The quantitative estimate of drug-likeness (QED) is 0.283. The van der Waals surface area contributed by atoms with E-state index in [1.165, 1.54) is 24.3 Å². The zero-order valence-electron chi connectivity index (χ0n) is 19.0. The molecule has 3 aromatic rings. The van der Waals surface area contributed by atoms with Crippen LogP contribution in [0.5, 0.6) is 11.5 Å². The number of aliphatic hydroxyl groups is 1. The molecule has 0 aromatic heterocycles. The van der Waals surface area contributed by atoms with Gasteiger partial charge >= 0.3 is 0 Å². The van der Waals surface area contributed by atoms with E-state index < -0.39 is 35.1 Å². The number of ketones is 1. The number of aromatic hydroxyl groups is 1. The first-order chi connectivity index (χ1) is 16.7. The Morgan fingerprint density at radius 1 is 1.00 bits per heavy atom. The van der Waals surface area contributed by atoms with Crippen LogP contribution in [0, 0.1) is 17.6 Å². The molecule has 180 valence electrons. The van der Waals surface area contributed by atoms with E-state index >= 15 is 0 Å². The highest BCUT2D eigenvalue weighted by Crippen LogP contribution is 2.43. The van der Waals surface area contributed by atoms with Crippen molar-refractivity contribution < 1.29 is 33.3 Å². The number of carbonyl (C=O) groups excluding carboxylic acids is 2. The summed E-state index contributed by atoms with van der Waals surface area (Å²) in [5.74, 6) is -4.22. The minimum absolute atomic E-state index is 0.0765. The summed E-state index contributed by atoms with van der Waals surface area (Å²) in [5, 5.41) is 21.2. The van der Waals surface area contributed by atoms with Gasteiger partial charge < -0.3 is 14.9 Å². The third-order valence-corrected chi connectivity index (χ3v) is 5.50. The number of phenols is 1. The molecule has 0 bridgehead atoms. The van der Waals surface area contributed by atoms with Crippen LogP contribution in [0.4, 0.5) is 14.5 Å². The fraction of sp³-hybridized carbons (Fsp3) is 0.185. The summed E-state index contributed by atoms with van der Waals surface area (Å²) in [6.45, 7) is 4.41. The molecular weight excluding hydrogens is 456 g/mol. The molecule has 0 spiro atoms. The number of ether oxygens (including phenoxy) is 1. The van der Waals surface area contributed by atoms with Crippen LogP contribution in [0.3, 0.4) is 0 Å². The summed E-state index contributed by atoms with van der Waals surface area (Å²) in [7, 11) is 0. The zero-order valence-corrected chi connectivity index (χ0v) is 19.0. The fourth-order valence-electron chi connectivity index (χ4n) is 3.90. The van der Waals surface area contributed by atoms with Gasteiger partial charge in [0.1, 0.15) is 17.3 Å². The standard InChI is InChI=1S/C27H23F2NO5/c1-15(2)14-35-20-8-4-6-17(12-20)25(32)23-24(16-5-3-7-19(31)11-16)30(27(34)26(23)33)18-9-10-21(28)22(29)13-18/h3-13,15,24,31-32H,14H2,1-2H3/b25-23+. The average molecular weight is 479 g/mol. The lowest BCUT2D eigenvalue weighted by atomic mass is 9.95. The number of anilines is 1. The summed E-state index contributed by atoms with van der Waals surface area (Å²) >= 11 is 0. The van der Waals surface area contributed by atoms with Crippen LogP contribution >= 0.6 is 0 Å². The van der Waals surface area contributed by atoms with Gasteiger partial charge in [-0.15, -0.1) is 0 Å². The van der Waals surface area contributed by atoms with Gasteiger partial charge in [0.2, 0.25) is 0 Å². The van der Waals surface area contributed by atoms with Gasteiger partial charge in [0.15, 0.2) is 11.6 Å². The van der Waals surface area contributed by atoms with Gasteiger partial charge in [0.25, 0.3) is 11.7 Å². The van der Waals surface area contributed by atoms with Gasteiger partial charge in [0, 0.05) is 17.3 Å². The molecule has 1 amide bonds. The largest absolute Gasteiger partial charge is 0.508 e. The molecule has 2 N–H and O–H groups in total. The molecule has 1 unspecified atom stereocenters. The predicted molar refractivity (Wildman–Crippen MR) is 126 cm³/mol. The molecule has 35 heavy (non-hydrogen) atoms. The molecule has 0 radical (unpaired) electrons. The van der Waals surface area contributed by atoms with Crippen molar-refractivity contribution >= 4 is 23.1 Å². The molecule has 6 nitrogen and oxygen atoms in total. The van der Waals surface area contributed by atoms with Gasteiger partial charge in [-0.3, -0.25) is 14.5 Å². The lowest BCUT2D eigenvalue weighted by Crippen LogP contribution is -2.29. The van der Waals surface area contributed by atoms with Crippen molar-refractivity contribution in [3.63, 3.8) is 0 Å². The van der Waals surface area contributed by atoms with Gasteiger partial charge in [-0.05, 0) is 47.9 Å². The van der Waals surface area contributed by atoms with Crippen LogP contribution in [0.25, 0.3) is 5.76 Å². The van der Waals surface area contributed by atoms with Crippen molar-refractivity contribution in [2.24, 2.45) is 5.92 Å². The Bertz CT molecular complexity index is 1330. The number of rotatable bonds is 6. The summed E-state index contributed by atoms with van der Waals surface area (Å²) in [5.41, 5.74) is 0.196. The van der Waals surface area contributed by atoms with Gasteiger partial charge in [-0.25, -0.2) is 8.78 Å². The number of benzene rings is 3. The third kappa shape index (κ3) is 4.73. The van der Waals surface area contributed by atoms with Crippen molar-refractivity contribution in [2.75, 3.05) is 11.5 Å². The fourth-order valence-corrected chi connectivity index (χ4v) is 3.90. The summed E-state index contributed by atoms with van der Waals surface area (Å²) in [6.07, 6.45) is 0. The first-order valence-electron chi connectivity index (χ1n) is 11.0. The van der Waals surface area contributed by atoms with Gasteiger partial charge in [-0.2, -0.15) is 0 Å². The molecule has 1 heterocycles. The Hall–Kier alpha value is -4.20. The summed E-state index contributed by atoms with van der Waals surface area (Å²) in [6, 6.07) is 13.9.